The lowest BCUT2D eigenvalue weighted by Gasteiger charge is -2.24. The lowest BCUT2D eigenvalue weighted by atomic mass is 10.00. The number of carbonyl (C=O) groups is 1. The molecule has 1 fully saturated rings. The third-order valence-corrected chi connectivity index (χ3v) is 3.86. The second-order valence-electron chi connectivity index (χ2n) is 5.31. The minimum Gasteiger partial charge on any atom is -0.353 e. The third-order valence-electron chi connectivity index (χ3n) is 3.86. The molecule has 1 aromatic rings. The summed E-state index contributed by atoms with van der Waals surface area (Å²) in [5.41, 5.74) is 0.751. The quantitative estimate of drug-likeness (QED) is 0.890. The lowest BCUT2D eigenvalue weighted by Crippen LogP contribution is -2.42. The standard InChI is InChI=1S/C16H21N3O/c1-13(19-9-5-6-10-19)12-18-16(20)15(11-17)14-7-3-2-4-8-14/h2-4,7-8,13,15H,5-6,9-10,12H2,1H3,(H,18,20). The van der Waals surface area contributed by atoms with Crippen LogP contribution in [0.5, 0.6) is 0 Å². The second kappa shape index (κ2) is 7.06. The van der Waals surface area contributed by atoms with Crippen molar-refractivity contribution < 1.29 is 4.79 Å². The van der Waals surface area contributed by atoms with Crippen LogP contribution in [-0.4, -0.2) is 36.5 Å². The Balaban J connectivity index is 1.88. The van der Waals surface area contributed by atoms with Crippen LogP contribution in [0.25, 0.3) is 0 Å². The van der Waals surface area contributed by atoms with Gasteiger partial charge in [0, 0.05) is 12.6 Å². The highest BCUT2D eigenvalue weighted by atomic mass is 16.1. The van der Waals surface area contributed by atoms with E-state index in [0.717, 1.165) is 18.7 Å². The smallest absolute Gasteiger partial charge is 0.241 e. The first-order valence-electron chi connectivity index (χ1n) is 7.18. The number of hydrogen-bond donors (Lipinski definition) is 1. The van der Waals surface area contributed by atoms with E-state index in [0.29, 0.717) is 12.6 Å². The van der Waals surface area contributed by atoms with Crippen LogP contribution >= 0.6 is 0 Å². The van der Waals surface area contributed by atoms with Crippen molar-refractivity contribution in [1.29, 1.82) is 5.26 Å². The first-order valence-corrected chi connectivity index (χ1v) is 7.18. The van der Waals surface area contributed by atoms with Gasteiger partial charge in [0.1, 0.15) is 5.92 Å². The molecular formula is C16H21N3O. The molecule has 0 bridgehead atoms. The Kier molecular flexibility index (Phi) is 5.14. The van der Waals surface area contributed by atoms with Crippen LogP contribution in [0, 0.1) is 11.3 Å². The Bertz CT molecular complexity index is 474. The molecule has 2 rings (SSSR count). The van der Waals surface area contributed by atoms with E-state index in [-0.39, 0.29) is 5.91 Å². The third kappa shape index (κ3) is 3.58. The average Bonchev–Trinajstić information content (AvgIpc) is 3.01. The Morgan fingerprint density at radius 1 is 1.35 bits per heavy atom. The number of nitrogens with zero attached hydrogens (tertiary/aromatic N) is 2. The van der Waals surface area contributed by atoms with Gasteiger partial charge in [-0.15, -0.1) is 0 Å². The molecule has 106 valence electrons. The number of likely N-dealkylation sites (tertiary alicyclic amines) is 1. The summed E-state index contributed by atoms with van der Waals surface area (Å²) in [4.78, 5) is 14.5. The van der Waals surface area contributed by atoms with Crippen molar-refractivity contribution >= 4 is 5.91 Å². The Hall–Kier alpha value is -1.86. The number of carbonyl (C=O) groups excluding carboxylic acids is 1. The summed E-state index contributed by atoms with van der Waals surface area (Å²) in [5.74, 6) is -0.924. The summed E-state index contributed by atoms with van der Waals surface area (Å²) in [7, 11) is 0. The van der Waals surface area contributed by atoms with Gasteiger partial charge in [-0.1, -0.05) is 30.3 Å². The van der Waals surface area contributed by atoms with Crippen molar-refractivity contribution in [2.24, 2.45) is 0 Å². The fraction of sp³-hybridized carbons (Fsp3) is 0.500. The van der Waals surface area contributed by atoms with Gasteiger partial charge in [-0.2, -0.15) is 5.26 Å². The van der Waals surface area contributed by atoms with Gasteiger partial charge in [0.25, 0.3) is 0 Å². The van der Waals surface area contributed by atoms with E-state index in [2.05, 4.69) is 23.2 Å². The van der Waals surface area contributed by atoms with Crippen molar-refractivity contribution in [3.63, 3.8) is 0 Å². The summed E-state index contributed by atoms with van der Waals surface area (Å²) in [6, 6.07) is 11.6. The van der Waals surface area contributed by atoms with Crippen LogP contribution in [0.4, 0.5) is 0 Å². The van der Waals surface area contributed by atoms with Gasteiger partial charge in [0.15, 0.2) is 0 Å². The number of benzene rings is 1. The highest BCUT2D eigenvalue weighted by Gasteiger charge is 2.22. The minimum atomic E-state index is -0.720. The Labute approximate surface area is 120 Å². The van der Waals surface area contributed by atoms with E-state index in [9.17, 15) is 10.1 Å². The molecule has 4 heteroatoms. The Morgan fingerprint density at radius 2 is 2.00 bits per heavy atom. The van der Waals surface area contributed by atoms with E-state index in [1.165, 1.54) is 12.8 Å². The van der Waals surface area contributed by atoms with E-state index in [4.69, 9.17) is 0 Å². The molecule has 0 spiro atoms. The molecule has 1 N–H and O–H groups in total. The first-order chi connectivity index (χ1) is 9.72. The molecule has 2 atom stereocenters. The van der Waals surface area contributed by atoms with Crippen LogP contribution in [0.3, 0.4) is 0 Å². The highest BCUT2D eigenvalue weighted by Crippen LogP contribution is 2.15. The van der Waals surface area contributed by atoms with Crippen LogP contribution in [0.15, 0.2) is 30.3 Å². The number of hydrogen-bond acceptors (Lipinski definition) is 3. The fourth-order valence-electron chi connectivity index (χ4n) is 2.59. The summed E-state index contributed by atoms with van der Waals surface area (Å²) >= 11 is 0. The molecule has 0 radical (unpaired) electrons. The maximum Gasteiger partial charge on any atom is 0.241 e. The SMILES string of the molecule is CC(CNC(=O)C(C#N)c1ccccc1)N1CCCC1. The van der Waals surface area contributed by atoms with E-state index >= 15 is 0 Å². The normalized spacial score (nSPS) is 18.2. The fourth-order valence-corrected chi connectivity index (χ4v) is 2.59. The molecule has 0 aliphatic carbocycles. The molecule has 0 aromatic heterocycles. The van der Waals surface area contributed by atoms with Crippen molar-refractivity contribution in [3.8, 4) is 6.07 Å². The zero-order valence-corrected chi connectivity index (χ0v) is 11.9. The molecule has 4 nitrogen and oxygen atoms in total. The minimum absolute atomic E-state index is 0.204. The predicted octanol–water partition coefficient (Wildman–Crippen LogP) is 1.89. The topological polar surface area (TPSA) is 56.1 Å². The van der Waals surface area contributed by atoms with E-state index in [1.54, 1.807) is 0 Å². The molecule has 0 saturated carbocycles. The molecule has 20 heavy (non-hydrogen) atoms. The van der Waals surface area contributed by atoms with Crippen LogP contribution in [0.1, 0.15) is 31.2 Å². The van der Waals surface area contributed by atoms with E-state index in [1.807, 2.05) is 30.3 Å². The van der Waals surface area contributed by atoms with Gasteiger partial charge in [0.05, 0.1) is 6.07 Å². The highest BCUT2D eigenvalue weighted by molar-refractivity contribution is 5.86. The predicted molar refractivity (Wildman–Crippen MR) is 78.1 cm³/mol. The monoisotopic (exact) mass is 271 g/mol. The molecule has 1 amide bonds. The molecule has 1 saturated heterocycles. The maximum atomic E-state index is 12.1. The van der Waals surface area contributed by atoms with Crippen molar-refractivity contribution in [1.82, 2.24) is 10.2 Å². The van der Waals surface area contributed by atoms with Gasteiger partial charge in [0.2, 0.25) is 5.91 Å². The van der Waals surface area contributed by atoms with Gasteiger partial charge in [-0.25, -0.2) is 0 Å². The van der Waals surface area contributed by atoms with Crippen LogP contribution in [0.2, 0.25) is 0 Å². The largest absolute Gasteiger partial charge is 0.353 e. The molecule has 1 aromatic carbocycles. The number of nitrogens with one attached hydrogen (secondary N) is 1. The van der Waals surface area contributed by atoms with Gasteiger partial charge >= 0.3 is 0 Å². The molecule has 1 aliphatic heterocycles. The first kappa shape index (κ1) is 14.5. The van der Waals surface area contributed by atoms with Gasteiger partial charge in [-0.3, -0.25) is 9.69 Å². The zero-order valence-electron chi connectivity index (χ0n) is 11.9. The summed E-state index contributed by atoms with van der Waals surface area (Å²) in [5, 5.41) is 12.1. The lowest BCUT2D eigenvalue weighted by molar-refractivity contribution is -0.121. The summed E-state index contributed by atoms with van der Waals surface area (Å²) < 4.78 is 0. The number of nitriles is 1. The molecule has 1 heterocycles. The summed E-state index contributed by atoms with van der Waals surface area (Å²) in [6.45, 7) is 4.94. The maximum absolute atomic E-state index is 12.1. The van der Waals surface area contributed by atoms with E-state index < -0.39 is 5.92 Å². The summed E-state index contributed by atoms with van der Waals surface area (Å²) in [6.07, 6.45) is 2.48. The number of rotatable bonds is 5. The van der Waals surface area contributed by atoms with Gasteiger partial charge in [-0.05, 0) is 38.4 Å². The zero-order chi connectivity index (χ0) is 14.4. The van der Waals surface area contributed by atoms with Crippen molar-refractivity contribution in [2.75, 3.05) is 19.6 Å². The van der Waals surface area contributed by atoms with Gasteiger partial charge < -0.3 is 5.32 Å². The second-order valence-corrected chi connectivity index (χ2v) is 5.31. The van der Waals surface area contributed by atoms with Crippen LogP contribution < -0.4 is 5.32 Å². The molecule has 1 aliphatic rings. The van der Waals surface area contributed by atoms with Crippen LogP contribution in [-0.2, 0) is 4.79 Å². The number of amides is 1. The molecule has 2 unspecified atom stereocenters. The molecular weight excluding hydrogens is 250 g/mol. The average molecular weight is 271 g/mol. The Morgan fingerprint density at radius 3 is 2.60 bits per heavy atom. The van der Waals surface area contributed by atoms with Crippen molar-refractivity contribution in [2.45, 2.75) is 31.7 Å². The van der Waals surface area contributed by atoms with Crippen molar-refractivity contribution in [3.05, 3.63) is 35.9 Å².